The molecule has 2 rings (SSSR count). The van der Waals surface area contributed by atoms with Gasteiger partial charge in [0.1, 0.15) is 5.82 Å². The normalized spacial score (nSPS) is 9.92. The minimum atomic E-state index is -0.970. The highest BCUT2D eigenvalue weighted by molar-refractivity contribution is 6.39. The fourth-order valence-corrected chi connectivity index (χ4v) is 1.96. The van der Waals surface area contributed by atoms with Gasteiger partial charge >= 0.3 is 17.8 Å². The predicted molar refractivity (Wildman–Crippen MR) is 84.7 cm³/mol. The Morgan fingerprint density at radius 3 is 2.38 bits per heavy atom. The number of esters is 1. The molecule has 6 nitrogen and oxygen atoms in total. The van der Waals surface area contributed by atoms with Gasteiger partial charge in [0.05, 0.1) is 18.4 Å². The van der Waals surface area contributed by atoms with E-state index < -0.39 is 23.6 Å². The maximum atomic E-state index is 13.5. The molecule has 124 valence electrons. The van der Waals surface area contributed by atoms with Gasteiger partial charge in [0.25, 0.3) is 0 Å². The first kappa shape index (κ1) is 17.1. The number of carbonyl (C=O) groups excluding carboxylic acids is 3. The molecule has 0 saturated heterocycles. The van der Waals surface area contributed by atoms with Crippen LogP contribution in [0.1, 0.15) is 15.9 Å². The van der Waals surface area contributed by atoms with Crippen molar-refractivity contribution in [1.82, 2.24) is 5.32 Å². The third kappa shape index (κ3) is 4.16. The zero-order chi connectivity index (χ0) is 17.5. The SMILES string of the molecule is COC(=O)c1ccccc1NC(=O)C(=O)NCc1ccccc1F. The zero-order valence-corrected chi connectivity index (χ0v) is 12.8. The monoisotopic (exact) mass is 330 g/mol. The Balaban J connectivity index is 2.01. The molecule has 2 amide bonds. The summed E-state index contributed by atoms with van der Waals surface area (Å²) in [5.41, 5.74) is 0.527. The Morgan fingerprint density at radius 2 is 1.67 bits per heavy atom. The van der Waals surface area contributed by atoms with E-state index in [2.05, 4.69) is 15.4 Å². The summed E-state index contributed by atoms with van der Waals surface area (Å²) in [5, 5.41) is 4.65. The number of hydrogen-bond donors (Lipinski definition) is 2. The molecule has 2 N–H and O–H groups in total. The van der Waals surface area contributed by atoms with Crippen molar-refractivity contribution < 1.29 is 23.5 Å². The van der Waals surface area contributed by atoms with Gasteiger partial charge in [-0.3, -0.25) is 9.59 Å². The number of benzene rings is 2. The van der Waals surface area contributed by atoms with Crippen LogP contribution in [0.3, 0.4) is 0 Å². The van der Waals surface area contributed by atoms with Crippen molar-refractivity contribution in [2.75, 3.05) is 12.4 Å². The summed E-state index contributed by atoms with van der Waals surface area (Å²) in [6.45, 7) is -0.127. The molecule has 2 aromatic carbocycles. The zero-order valence-electron chi connectivity index (χ0n) is 12.8. The molecule has 0 aromatic heterocycles. The van der Waals surface area contributed by atoms with Gasteiger partial charge in [-0.2, -0.15) is 0 Å². The molecule has 0 saturated carbocycles. The number of hydrogen-bond acceptors (Lipinski definition) is 4. The standard InChI is InChI=1S/C17H15FN2O4/c1-24-17(23)12-7-3-5-9-14(12)20-16(22)15(21)19-10-11-6-2-4-8-13(11)18/h2-9H,10H2,1H3,(H,19,21)(H,20,22). The van der Waals surface area contributed by atoms with Crippen LogP contribution in [-0.4, -0.2) is 24.9 Å². The summed E-state index contributed by atoms with van der Waals surface area (Å²) in [7, 11) is 1.21. The molecule has 0 aliphatic rings. The third-order valence-electron chi connectivity index (χ3n) is 3.18. The molecule has 0 radical (unpaired) electrons. The second-order valence-corrected chi connectivity index (χ2v) is 4.77. The van der Waals surface area contributed by atoms with Gasteiger partial charge in [-0.1, -0.05) is 30.3 Å². The van der Waals surface area contributed by atoms with Gasteiger partial charge in [0.15, 0.2) is 0 Å². The van der Waals surface area contributed by atoms with E-state index in [0.29, 0.717) is 0 Å². The first-order valence-electron chi connectivity index (χ1n) is 7.03. The highest BCUT2D eigenvalue weighted by Gasteiger charge is 2.18. The lowest BCUT2D eigenvalue weighted by molar-refractivity contribution is -0.136. The summed E-state index contributed by atoms with van der Waals surface area (Å²) >= 11 is 0. The van der Waals surface area contributed by atoms with Gasteiger partial charge in [-0.15, -0.1) is 0 Å². The maximum Gasteiger partial charge on any atom is 0.339 e. The molecule has 0 spiro atoms. The highest BCUT2D eigenvalue weighted by Crippen LogP contribution is 2.15. The van der Waals surface area contributed by atoms with Crippen LogP contribution in [0.15, 0.2) is 48.5 Å². The molecule has 0 unspecified atom stereocenters. The third-order valence-corrected chi connectivity index (χ3v) is 3.18. The van der Waals surface area contributed by atoms with E-state index >= 15 is 0 Å². The van der Waals surface area contributed by atoms with Crippen LogP contribution in [-0.2, 0) is 20.9 Å². The Bertz CT molecular complexity index is 777. The number of methoxy groups -OCH3 is 1. The van der Waals surface area contributed by atoms with Crippen molar-refractivity contribution in [3.8, 4) is 0 Å². The van der Waals surface area contributed by atoms with E-state index in [1.54, 1.807) is 18.2 Å². The lowest BCUT2D eigenvalue weighted by Crippen LogP contribution is -2.35. The molecule has 0 aliphatic carbocycles. The summed E-state index contributed by atoms with van der Waals surface area (Å²) in [6.07, 6.45) is 0. The lowest BCUT2D eigenvalue weighted by Gasteiger charge is -2.10. The molecule has 2 aromatic rings. The van der Waals surface area contributed by atoms with Crippen LogP contribution < -0.4 is 10.6 Å². The Kier molecular flexibility index (Phi) is 5.62. The second kappa shape index (κ2) is 7.87. The van der Waals surface area contributed by atoms with Crippen molar-refractivity contribution in [2.24, 2.45) is 0 Å². The molecular weight excluding hydrogens is 315 g/mol. The molecule has 0 aliphatic heterocycles. The lowest BCUT2D eigenvalue weighted by atomic mass is 10.2. The van der Waals surface area contributed by atoms with Crippen molar-refractivity contribution in [3.05, 3.63) is 65.5 Å². The van der Waals surface area contributed by atoms with E-state index in [1.165, 1.54) is 37.4 Å². The predicted octanol–water partition coefficient (Wildman–Crippen LogP) is 1.87. The summed E-state index contributed by atoms with van der Waals surface area (Å²) in [4.78, 5) is 35.4. The number of halogens is 1. The Morgan fingerprint density at radius 1 is 1.00 bits per heavy atom. The fraction of sp³-hybridized carbons (Fsp3) is 0.118. The minimum Gasteiger partial charge on any atom is -0.465 e. The summed E-state index contributed by atoms with van der Waals surface area (Å²) in [5.74, 6) is -3.03. The number of ether oxygens (including phenoxy) is 1. The van der Waals surface area contributed by atoms with Gasteiger partial charge < -0.3 is 15.4 Å². The smallest absolute Gasteiger partial charge is 0.339 e. The van der Waals surface area contributed by atoms with Crippen molar-refractivity contribution in [3.63, 3.8) is 0 Å². The van der Waals surface area contributed by atoms with Crippen LogP contribution >= 0.6 is 0 Å². The van der Waals surface area contributed by atoms with Crippen molar-refractivity contribution >= 4 is 23.5 Å². The largest absolute Gasteiger partial charge is 0.465 e. The summed E-state index contributed by atoms with van der Waals surface area (Å²) in [6, 6.07) is 12.0. The number of para-hydroxylation sites is 1. The quantitative estimate of drug-likeness (QED) is 0.662. The van der Waals surface area contributed by atoms with Gasteiger partial charge in [-0.25, -0.2) is 9.18 Å². The van der Waals surface area contributed by atoms with Crippen molar-refractivity contribution in [2.45, 2.75) is 6.54 Å². The van der Waals surface area contributed by atoms with Crippen LogP contribution in [0.25, 0.3) is 0 Å². The Hall–Kier alpha value is -3.22. The first-order valence-corrected chi connectivity index (χ1v) is 7.03. The summed E-state index contributed by atoms with van der Waals surface area (Å²) < 4.78 is 18.1. The van der Waals surface area contributed by atoms with Gasteiger partial charge in [-0.05, 0) is 18.2 Å². The number of anilines is 1. The second-order valence-electron chi connectivity index (χ2n) is 4.77. The van der Waals surface area contributed by atoms with Crippen LogP contribution in [0, 0.1) is 5.82 Å². The van der Waals surface area contributed by atoms with Crippen LogP contribution in [0.2, 0.25) is 0 Å². The van der Waals surface area contributed by atoms with Crippen LogP contribution in [0.4, 0.5) is 10.1 Å². The molecule has 24 heavy (non-hydrogen) atoms. The number of carbonyl (C=O) groups is 3. The number of rotatable bonds is 4. The van der Waals surface area contributed by atoms with E-state index in [1.807, 2.05) is 0 Å². The van der Waals surface area contributed by atoms with Crippen molar-refractivity contribution in [1.29, 1.82) is 0 Å². The minimum absolute atomic E-state index is 0.121. The average Bonchev–Trinajstić information content (AvgIpc) is 2.60. The molecule has 7 heteroatoms. The average molecular weight is 330 g/mol. The highest BCUT2D eigenvalue weighted by atomic mass is 19.1. The molecule has 0 heterocycles. The van der Waals surface area contributed by atoms with E-state index in [-0.39, 0.29) is 23.4 Å². The van der Waals surface area contributed by atoms with Gasteiger partial charge in [0, 0.05) is 12.1 Å². The molecule has 0 atom stereocenters. The maximum absolute atomic E-state index is 13.5. The number of amides is 2. The van der Waals surface area contributed by atoms with E-state index in [4.69, 9.17) is 0 Å². The van der Waals surface area contributed by atoms with E-state index in [0.717, 1.165) is 0 Å². The molecule has 0 fully saturated rings. The molecular formula is C17H15FN2O4. The van der Waals surface area contributed by atoms with Gasteiger partial charge in [0.2, 0.25) is 0 Å². The van der Waals surface area contributed by atoms with Crippen LogP contribution in [0.5, 0.6) is 0 Å². The fourth-order valence-electron chi connectivity index (χ4n) is 1.96. The topological polar surface area (TPSA) is 84.5 Å². The Labute approximate surface area is 137 Å². The van der Waals surface area contributed by atoms with E-state index in [9.17, 15) is 18.8 Å². The first-order chi connectivity index (χ1) is 11.5. The molecule has 0 bridgehead atoms. The number of nitrogens with one attached hydrogen (secondary N) is 2.